The summed E-state index contributed by atoms with van der Waals surface area (Å²) in [5.41, 5.74) is 5.37. The largest absolute Gasteiger partial charge is 0.451 e. The SMILES string of the molecule is CC(Nc1cc(N)nc(C(F)(F)F)n1)C1CCOC1. The second-order valence-electron chi connectivity index (χ2n) is 4.56. The minimum absolute atomic E-state index is 0.0436. The van der Waals surface area contributed by atoms with Crippen molar-refractivity contribution in [2.24, 2.45) is 5.92 Å². The normalized spacial score (nSPS) is 21.4. The number of ether oxygens (including phenoxy) is 1. The molecule has 3 N–H and O–H groups in total. The summed E-state index contributed by atoms with van der Waals surface area (Å²) >= 11 is 0. The number of hydrogen-bond donors (Lipinski definition) is 2. The molecule has 1 saturated heterocycles. The van der Waals surface area contributed by atoms with Crippen LogP contribution in [0.5, 0.6) is 0 Å². The number of halogens is 3. The number of nitrogens with two attached hydrogens (primary N) is 1. The van der Waals surface area contributed by atoms with Gasteiger partial charge in [0.2, 0.25) is 5.82 Å². The maximum Gasteiger partial charge on any atom is 0.451 e. The molecule has 1 aromatic rings. The smallest absolute Gasteiger partial charge is 0.384 e. The molecule has 2 rings (SSSR count). The number of alkyl halides is 3. The van der Waals surface area contributed by atoms with Gasteiger partial charge < -0.3 is 15.8 Å². The summed E-state index contributed by atoms with van der Waals surface area (Å²) in [6.45, 7) is 3.15. The summed E-state index contributed by atoms with van der Waals surface area (Å²) in [5, 5.41) is 2.93. The maximum atomic E-state index is 12.6. The van der Waals surface area contributed by atoms with E-state index in [0.717, 1.165) is 6.42 Å². The van der Waals surface area contributed by atoms with Crippen LogP contribution >= 0.6 is 0 Å². The molecule has 0 spiro atoms. The summed E-state index contributed by atoms with van der Waals surface area (Å²) in [6, 6.07) is 1.25. The van der Waals surface area contributed by atoms with Crippen LogP contribution in [0.4, 0.5) is 24.8 Å². The van der Waals surface area contributed by atoms with Crippen molar-refractivity contribution in [3.63, 3.8) is 0 Å². The Bertz CT molecular complexity index is 446. The van der Waals surface area contributed by atoms with E-state index in [9.17, 15) is 13.2 Å². The minimum atomic E-state index is -4.61. The first-order valence-electron chi connectivity index (χ1n) is 5.92. The molecule has 19 heavy (non-hydrogen) atoms. The van der Waals surface area contributed by atoms with Gasteiger partial charge >= 0.3 is 6.18 Å². The van der Waals surface area contributed by atoms with Gasteiger partial charge in [0.25, 0.3) is 0 Å². The van der Waals surface area contributed by atoms with E-state index in [1.54, 1.807) is 0 Å². The molecule has 0 radical (unpaired) electrons. The van der Waals surface area contributed by atoms with E-state index in [0.29, 0.717) is 13.2 Å². The first-order chi connectivity index (χ1) is 8.86. The third-order valence-corrected chi connectivity index (χ3v) is 3.05. The zero-order valence-corrected chi connectivity index (χ0v) is 10.4. The summed E-state index contributed by atoms with van der Waals surface area (Å²) in [4.78, 5) is 6.64. The van der Waals surface area contributed by atoms with Gasteiger partial charge in [0.15, 0.2) is 0 Å². The molecule has 0 aromatic carbocycles. The molecule has 0 aliphatic carbocycles. The Morgan fingerprint density at radius 3 is 2.79 bits per heavy atom. The van der Waals surface area contributed by atoms with Crippen molar-refractivity contribution >= 4 is 11.6 Å². The third kappa shape index (κ3) is 3.46. The van der Waals surface area contributed by atoms with Crippen molar-refractivity contribution in [1.82, 2.24) is 9.97 Å². The van der Waals surface area contributed by atoms with Crippen LogP contribution in [-0.4, -0.2) is 29.2 Å². The molecule has 5 nitrogen and oxygen atoms in total. The van der Waals surface area contributed by atoms with Crippen molar-refractivity contribution in [2.45, 2.75) is 25.6 Å². The minimum Gasteiger partial charge on any atom is -0.384 e. The lowest BCUT2D eigenvalue weighted by Crippen LogP contribution is -2.27. The second-order valence-corrected chi connectivity index (χ2v) is 4.56. The van der Waals surface area contributed by atoms with E-state index in [2.05, 4.69) is 15.3 Å². The number of nitrogen functional groups attached to an aromatic ring is 1. The quantitative estimate of drug-likeness (QED) is 0.882. The molecule has 8 heteroatoms. The van der Waals surface area contributed by atoms with Crippen molar-refractivity contribution < 1.29 is 17.9 Å². The summed E-state index contributed by atoms with van der Waals surface area (Å²) in [7, 11) is 0. The summed E-state index contributed by atoms with van der Waals surface area (Å²) < 4.78 is 42.9. The zero-order chi connectivity index (χ0) is 14.0. The van der Waals surface area contributed by atoms with Gasteiger partial charge in [0.05, 0.1) is 6.61 Å². The Kier molecular flexibility index (Phi) is 3.79. The molecule has 106 valence electrons. The standard InChI is InChI=1S/C11H15F3N4O/c1-6(7-2-3-19-5-7)16-9-4-8(15)17-10(18-9)11(12,13)14/h4,6-7H,2-3,5H2,1H3,(H3,15,16,17,18). The topological polar surface area (TPSA) is 73.1 Å². The lowest BCUT2D eigenvalue weighted by Gasteiger charge is -2.20. The van der Waals surface area contributed by atoms with Crippen LogP contribution in [0, 0.1) is 5.92 Å². The lowest BCUT2D eigenvalue weighted by molar-refractivity contribution is -0.144. The Labute approximate surface area is 108 Å². The van der Waals surface area contributed by atoms with Crippen molar-refractivity contribution in [3.05, 3.63) is 11.9 Å². The molecule has 2 heterocycles. The van der Waals surface area contributed by atoms with Gasteiger partial charge in [-0.1, -0.05) is 0 Å². The summed E-state index contributed by atoms with van der Waals surface area (Å²) in [6.07, 6.45) is -3.73. The van der Waals surface area contributed by atoms with E-state index in [4.69, 9.17) is 10.5 Å². The van der Waals surface area contributed by atoms with Crippen molar-refractivity contribution in [3.8, 4) is 0 Å². The predicted octanol–water partition coefficient (Wildman–Crippen LogP) is 1.91. The van der Waals surface area contributed by atoms with Crippen LogP contribution in [0.3, 0.4) is 0 Å². The maximum absolute atomic E-state index is 12.6. The number of nitrogens with one attached hydrogen (secondary N) is 1. The van der Waals surface area contributed by atoms with Crippen LogP contribution in [-0.2, 0) is 10.9 Å². The highest BCUT2D eigenvalue weighted by molar-refractivity contribution is 5.45. The molecule has 0 bridgehead atoms. The Morgan fingerprint density at radius 2 is 2.21 bits per heavy atom. The molecular weight excluding hydrogens is 261 g/mol. The van der Waals surface area contributed by atoms with Crippen LogP contribution in [0.2, 0.25) is 0 Å². The van der Waals surface area contributed by atoms with Crippen molar-refractivity contribution in [1.29, 1.82) is 0 Å². The molecule has 2 unspecified atom stereocenters. The van der Waals surface area contributed by atoms with Crippen molar-refractivity contribution in [2.75, 3.05) is 24.3 Å². The average Bonchev–Trinajstić information content (AvgIpc) is 2.80. The zero-order valence-electron chi connectivity index (χ0n) is 10.4. The molecule has 0 amide bonds. The van der Waals surface area contributed by atoms with Gasteiger partial charge in [-0.05, 0) is 13.3 Å². The summed E-state index contributed by atoms with van der Waals surface area (Å²) in [5.74, 6) is -1.10. The van der Waals surface area contributed by atoms with Gasteiger partial charge in [0, 0.05) is 24.6 Å². The van der Waals surface area contributed by atoms with E-state index in [1.165, 1.54) is 6.07 Å². The van der Waals surface area contributed by atoms with Gasteiger partial charge in [-0.25, -0.2) is 9.97 Å². The second kappa shape index (κ2) is 5.20. The first kappa shape index (κ1) is 13.9. The van der Waals surface area contributed by atoms with E-state index < -0.39 is 12.0 Å². The van der Waals surface area contributed by atoms with Gasteiger partial charge in [-0.15, -0.1) is 0 Å². The fourth-order valence-electron chi connectivity index (χ4n) is 1.96. The van der Waals surface area contributed by atoms with Gasteiger partial charge in [-0.3, -0.25) is 0 Å². The number of rotatable bonds is 3. The van der Waals surface area contributed by atoms with Crippen LogP contribution in [0.15, 0.2) is 6.07 Å². The number of anilines is 2. The Morgan fingerprint density at radius 1 is 1.47 bits per heavy atom. The molecular formula is C11H15F3N4O. The van der Waals surface area contributed by atoms with E-state index in [-0.39, 0.29) is 23.6 Å². The van der Waals surface area contributed by atoms with E-state index in [1.807, 2.05) is 6.92 Å². The predicted molar refractivity (Wildman–Crippen MR) is 63.5 cm³/mol. The fraction of sp³-hybridized carbons (Fsp3) is 0.636. The Balaban J connectivity index is 2.13. The number of hydrogen-bond acceptors (Lipinski definition) is 5. The molecule has 1 aliphatic heterocycles. The van der Waals surface area contributed by atoms with Crippen LogP contribution in [0.1, 0.15) is 19.2 Å². The molecule has 1 aliphatic rings. The fourth-order valence-corrected chi connectivity index (χ4v) is 1.96. The molecule has 1 fully saturated rings. The highest BCUT2D eigenvalue weighted by atomic mass is 19.4. The highest BCUT2D eigenvalue weighted by Crippen LogP contribution is 2.28. The number of nitrogens with zero attached hydrogens (tertiary/aromatic N) is 2. The van der Waals surface area contributed by atoms with Crippen LogP contribution < -0.4 is 11.1 Å². The van der Waals surface area contributed by atoms with Gasteiger partial charge in [-0.2, -0.15) is 13.2 Å². The molecule has 0 saturated carbocycles. The molecule has 1 aromatic heterocycles. The van der Waals surface area contributed by atoms with E-state index >= 15 is 0 Å². The Hall–Kier alpha value is -1.57. The number of aromatic nitrogens is 2. The monoisotopic (exact) mass is 276 g/mol. The average molecular weight is 276 g/mol. The third-order valence-electron chi connectivity index (χ3n) is 3.05. The van der Waals surface area contributed by atoms with Gasteiger partial charge in [0.1, 0.15) is 11.6 Å². The molecule has 2 atom stereocenters. The lowest BCUT2D eigenvalue weighted by atomic mass is 10.0. The highest BCUT2D eigenvalue weighted by Gasteiger charge is 2.35. The van der Waals surface area contributed by atoms with Crippen LogP contribution in [0.25, 0.3) is 0 Å². The first-order valence-corrected chi connectivity index (χ1v) is 5.92.